The molecule has 0 spiro atoms. The second-order valence-electron chi connectivity index (χ2n) is 4.31. The molecule has 0 fully saturated rings. The maximum atomic E-state index is 3.49. The van der Waals surface area contributed by atoms with Crippen LogP contribution < -0.4 is 24.8 Å². The van der Waals surface area contributed by atoms with Gasteiger partial charge in [0.15, 0.2) is 0 Å². The molecule has 0 nitrogen and oxygen atoms in total. The molecule has 1 atom stereocenters. The molecule has 5 heteroatoms. The van der Waals surface area contributed by atoms with E-state index in [-0.39, 0.29) is 51.0 Å². The molecule has 2 aliphatic carbocycles. The molecule has 110 valence electrons. The standard InChI is InChI=1S/C12H7BrP.C5H5.2ClH.Zr/c13-10-1-2-11-9(6-10)5-8-3-4-14-7-12(8)11;1-2-4-5-3-1;;;/h1-6,14H;1-3H,4H2;2*1H;/q2*-1;;;+4/p-2. The molecule has 0 aromatic heterocycles. The normalized spacial score (nSPS) is 11.5. The number of fused-ring (bicyclic) bond motifs is 3. The van der Waals surface area contributed by atoms with Crippen molar-refractivity contribution in [3.63, 3.8) is 0 Å². The molecule has 0 bridgehead atoms. The van der Waals surface area contributed by atoms with Crippen LogP contribution in [-0.4, -0.2) is 0 Å². The molecule has 0 saturated heterocycles. The van der Waals surface area contributed by atoms with E-state index < -0.39 is 0 Å². The fourth-order valence-electron chi connectivity index (χ4n) is 2.13. The Labute approximate surface area is 173 Å². The summed E-state index contributed by atoms with van der Waals surface area (Å²) in [5.41, 5.74) is 2.59. The van der Waals surface area contributed by atoms with Gasteiger partial charge in [-0.15, -0.1) is 35.2 Å². The molecule has 4 rings (SSSR count). The van der Waals surface area contributed by atoms with Crippen LogP contribution in [0.3, 0.4) is 0 Å². The van der Waals surface area contributed by atoms with E-state index in [1.165, 1.54) is 21.9 Å². The SMILES string of the molecule is Brc1ccc2c3[c-][pH]ccc-3cc2c1.[C-]1=CC=CC1.[Cl-].[Cl-].[Zr+4]. The first-order valence-corrected chi connectivity index (χ1v) is 8.00. The number of hydrogen-bond donors (Lipinski definition) is 0. The summed E-state index contributed by atoms with van der Waals surface area (Å²) in [7, 11) is 0.704. The van der Waals surface area contributed by atoms with Gasteiger partial charge in [-0.2, -0.15) is 6.08 Å². The Bertz CT molecular complexity index is 727. The van der Waals surface area contributed by atoms with Crippen molar-refractivity contribution in [2.24, 2.45) is 0 Å². The van der Waals surface area contributed by atoms with E-state index in [2.05, 4.69) is 70.0 Å². The molecule has 1 aromatic carbocycles. The second-order valence-corrected chi connectivity index (χ2v) is 6.10. The summed E-state index contributed by atoms with van der Waals surface area (Å²) in [6, 6.07) is 10.8. The zero-order valence-corrected chi connectivity index (χ0v) is 18.1. The fourth-order valence-corrected chi connectivity index (χ4v) is 3.28. The van der Waals surface area contributed by atoms with Gasteiger partial charge < -0.3 is 24.8 Å². The van der Waals surface area contributed by atoms with Crippen LogP contribution in [0, 0.1) is 11.9 Å². The predicted molar refractivity (Wildman–Crippen MR) is 88.2 cm³/mol. The number of rotatable bonds is 0. The Morgan fingerprint density at radius 1 is 1.09 bits per heavy atom. The topological polar surface area (TPSA) is 0 Å². The third-order valence-electron chi connectivity index (χ3n) is 3.01. The van der Waals surface area contributed by atoms with Crippen LogP contribution in [0.2, 0.25) is 0 Å². The van der Waals surface area contributed by atoms with Gasteiger partial charge >= 0.3 is 26.2 Å². The predicted octanol–water partition coefficient (Wildman–Crippen LogP) is -0.150. The third-order valence-corrected chi connectivity index (χ3v) is 4.23. The van der Waals surface area contributed by atoms with Crippen molar-refractivity contribution in [1.82, 2.24) is 0 Å². The van der Waals surface area contributed by atoms with Crippen LogP contribution in [0.25, 0.3) is 21.9 Å². The largest absolute Gasteiger partial charge is 4.00 e. The summed E-state index contributed by atoms with van der Waals surface area (Å²) >= 11 is 3.49. The minimum Gasteiger partial charge on any atom is -1.00 e. The average Bonchev–Trinajstić information content (AvgIpc) is 3.09. The number of halogens is 3. The summed E-state index contributed by atoms with van der Waals surface area (Å²) in [6.45, 7) is 0. The first-order valence-electron chi connectivity index (χ1n) is 6.13. The first-order chi connectivity index (χ1) is 9.34. The van der Waals surface area contributed by atoms with Gasteiger partial charge in [0.25, 0.3) is 0 Å². The van der Waals surface area contributed by atoms with E-state index in [1.807, 2.05) is 12.2 Å². The van der Waals surface area contributed by atoms with Gasteiger partial charge in [0.1, 0.15) is 0 Å². The van der Waals surface area contributed by atoms with Crippen LogP contribution in [0.5, 0.6) is 0 Å². The zero-order valence-electron chi connectivity index (χ0n) is 11.5. The Morgan fingerprint density at radius 3 is 2.55 bits per heavy atom. The van der Waals surface area contributed by atoms with Crippen LogP contribution >= 0.6 is 24.1 Å². The van der Waals surface area contributed by atoms with Gasteiger partial charge in [0.2, 0.25) is 0 Å². The van der Waals surface area contributed by atoms with Gasteiger partial charge in [0, 0.05) is 4.47 Å². The Kier molecular flexibility index (Phi) is 10.9. The summed E-state index contributed by atoms with van der Waals surface area (Å²) in [5, 5.41) is 2.62. The molecule has 3 aliphatic rings. The van der Waals surface area contributed by atoms with E-state index in [4.69, 9.17) is 0 Å². The maximum absolute atomic E-state index is 3.49. The van der Waals surface area contributed by atoms with Crippen molar-refractivity contribution >= 4 is 34.9 Å². The van der Waals surface area contributed by atoms with Crippen molar-refractivity contribution in [3.05, 3.63) is 70.7 Å². The molecule has 0 saturated carbocycles. The first kappa shape index (κ1) is 22.2. The van der Waals surface area contributed by atoms with Gasteiger partial charge in [-0.3, -0.25) is 6.08 Å². The fraction of sp³-hybridized carbons (Fsp3) is 0.0588. The van der Waals surface area contributed by atoms with E-state index in [9.17, 15) is 0 Å². The molecule has 0 amide bonds. The smallest absolute Gasteiger partial charge is 1.00 e. The molecule has 1 unspecified atom stereocenters. The van der Waals surface area contributed by atoms with E-state index in [0.29, 0.717) is 8.19 Å². The van der Waals surface area contributed by atoms with Crippen LogP contribution in [0.15, 0.2) is 58.8 Å². The maximum Gasteiger partial charge on any atom is 4.00 e. The Balaban J connectivity index is 0.000000482. The molecule has 22 heavy (non-hydrogen) atoms. The van der Waals surface area contributed by atoms with Gasteiger partial charge in [-0.1, -0.05) is 51.0 Å². The summed E-state index contributed by atoms with van der Waals surface area (Å²) in [4.78, 5) is 0. The van der Waals surface area contributed by atoms with Gasteiger partial charge in [0.05, 0.1) is 0 Å². The van der Waals surface area contributed by atoms with Gasteiger partial charge in [-0.05, 0) is 0 Å². The summed E-state index contributed by atoms with van der Waals surface area (Å²) < 4.78 is 1.14. The Morgan fingerprint density at radius 2 is 1.91 bits per heavy atom. The molecule has 1 aliphatic heterocycles. The van der Waals surface area contributed by atoms with Crippen molar-refractivity contribution in [2.75, 3.05) is 0 Å². The third kappa shape index (κ3) is 5.36. The van der Waals surface area contributed by atoms with Crippen molar-refractivity contribution in [3.8, 4) is 11.1 Å². The number of allylic oxidation sites excluding steroid dienone is 4. The quantitative estimate of drug-likeness (QED) is 0.386. The molecule has 1 heterocycles. The van der Waals surface area contributed by atoms with E-state index in [1.54, 1.807) is 0 Å². The van der Waals surface area contributed by atoms with Gasteiger partial charge in [-0.25, -0.2) is 20.3 Å². The minimum atomic E-state index is 0. The average molecular weight is 489 g/mol. The minimum absolute atomic E-state index is 0. The molecule has 0 radical (unpaired) electrons. The Hall–Kier alpha value is 0.163. The van der Waals surface area contributed by atoms with Crippen LogP contribution in [0.4, 0.5) is 0 Å². The molecular weight excluding hydrogens is 477 g/mol. The summed E-state index contributed by atoms with van der Waals surface area (Å²) in [5.74, 6) is 5.61. The van der Waals surface area contributed by atoms with E-state index in [0.717, 1.165) is 10.9 Å². The van der Waals surface area contributed by atoms with Crippen LogP contribution in [-0.2, 0) is 26.2 Å². The van der Waals surface area contributed by atoms with Crippen LogP contribution in [0.1, 0.15) is 6.42 Å². The van der Waals surface area contributed by atoms with E-state index >= 15 is 0 Å². The number of hydrogen-bond acceptors (Lipinski definition) is 0. The summed E-state index contributed by atoms with van der Waals surface area (Å²) in [6.07, 6.45) is 10.0. The molecular formula is C17H12BrCl2PZr. The molecule has 1 aromatic rings. The van der Waals surface area contributed by atoms with Crippen molar-refractivity contribution in [2.45, 2.75) is 6.42 Å². The zero-order chi connectivity index (χ0) is 13.1. The van der Waals surface area contributed by atoms with Crippen molar-refractivity contribution in [1.29, 1.82) is 0 Å². The van der Waals surface area contributed by atoms with Crippen molar-refractivity contribution < 1.29 is 51.0 Å². The monoisotopic (exact) mass is 486 g/mol. The second kappa shape index (κ2) is 10.8. The molecule has 0 N–H and O–H groups in total. The number of benzene rings is 1.